The third kappa shape index (κ3) is 6.60. The van der Waals surface area contributed by atoms with E-state index in [1.807, 2.05) is 44.2 Å². The van der Waals surface area contributed by atoms with Crippen molar-refractivity contribution < 1.29 is 19.5 Å². The van der Waals surface area contributed by atoms with Crippen LogP contribution in [0.15, 0.2) is 60.7 Å². The quantitative estimate of drug-likeness (QED) is 0.380. The predicted octanol–water partition coefficient (Wildman–Crippen LogP) is 3.04. The molecule has 1 atom stereocenters. The molecule has 6 nitrogen and oxygen atoms in total. The standard InChI is InChI=1S/C21H24N2O4/c1-15(2)19(22-20(24)13-8-16-6-4-3-5-7-16)14-27-18-11-9-17(10-12-18)21(25)23-26/h3-13,15,19,26H,14H2,1-2H3,(H,22,24)(H,23,25)/b13-8+/t19-/m1/s1. The molecule has 27 heavy (non-hydrogen) atoms. The van der Waals surface area contributed by atoms with Crippen molar-refractivity contribution in [2.75, 3.05) is 6.61 Å². The molecule has 2 rings (SSSR count). The number of amides is 2. The molecule has 3 N–H and O–H groups in total. The average molecular weight is 368 g/mol. The summed E-state index contributed by atoms with van der Waals surface area (Å²) < 4.78 is 5.73. The van der Waals surface area contributed by atoms with Crippen molar-refractivity contribution in [3.05, 3.63) is 71.8 Å². The number of benzene rings is 2. The molecule has 0 bridgehead atoms. The molecule has 0 unspecified atom stereocenters. The van der Waals surface area contributed by atoms with E-state index >= 15 is 0 Å². The molecule has 0 fully saturated rings. The maximum absolute atomic E-state index is 12.2. The van der Waals surface area contributed by atoms with Gasteiger partial charge in [0.2, 0.25) is 5.91 Å². The van der Waals surface area contributed by atoms with Gasteiger partial charge < -0.3 is 10.1 Å². The summed E-state index contributed by atoms with van der Waals surface area (Å²) in [6, 6.07) is 15.8. The van der Waals surface area contributed by atoms with Gasteiger partial charge in [-0.2, -0.15) is 0 Å². The van der Waals surface area contributed by atoms with E-state index in [0.717, 1.165) is 5.56 Å². The first kappa shape index (κ1) is 20.2. The maximum Gasteiger partial charge on any atom is 0.274 e. The van der Waals surface area contributed by atoms with Crippen molar-refractivity contribution in [3.63, 3.8) is 0 Å². The van der Waals surface area contributed by atoms with Gasteiger partial charge in [-0.1, -0.05) is 44.2 Å². The third-order valence-electron chi connectivity index (χ3n) is 4.01. The minimum Gasteiger partial charge on any atom is -0.491 e. The average Bonchev–Trinajstić information content (AvgIpc) is 2.70. The molecular weight excluding hydrogens is 344 g/mol. The van der Waals surface area contributed by atoms with E-state index in [1.54, 1.807) is 35.8 Å². The van der Waals surface area contributed by atoms with Crippen LogP contribution in [0.2, 0.25) is 0 Å². The molecule has 2 aromatic rings. The Kier molecular flexibility index (Phi) is 7.58. The van der Waals surface area contributed by atoms with Crippen LogP contribution in [0.1, 0.15) is 29.8 Å². The van der Waals surface area contributed by atoms with Gasteiger partial charge in [-0.05, 0) is 41.8 Å². The fourth-order valence-electron chi connectivity index (χ4n) is 2.32. The molecule has 0 spiro atoms. The van der Waals surface area contributed by atoms with E-state index in [2.05, 4.69) is 5.32 Å². The Morgan fingerprint density at radius 2 is 1.74 bits per heavy atom. The van der Waals surface area contributed by atoms with Crippen LogP contribution in [-0.4, -0.2) is 29.7 Å². The van der Waals surface area contributed by atoms with Gasteiger partial charge in [0.05, 0.1) is 6.04 Å². The van der Waals surface area contributed by atoms with Crippen LogP contribution in [0.5, 0.6) is 5.75 Å². The Bertz CT molecular complexity index is 771. The second kappa shape index (κ2) is 10.1. The first-order valence-corrected chi connectivity index (χ1v) is 8.70. The maximum atomic E-state index is 12.2. The Hall–Kier alpha value is -3.12. The second-order valence-electron chi connectivity index (χ2n) is 6.38. The van der Waals surface area contributed by atoms with Crippen molar-refractivity contribution in [2.24, 2.45) is 5.92 Å². The lowest BCUT2D eigenvalue weighted by molar-refractivity contribution is -0.117. The van der Waals surface area contributed by atoms with E-state index in [-0.39, 0.29) is 17.9 Å². The highest BCUT2D eigenvalue weighted by atomic mass is 16.5. The van der Waals surface area contributed by atoms with Crippen molar-refractivity contribution in [2.45, 2.75) is 19.9 Å². The van der Waals surface area contributed by atoms with Crippen molar-refractivity contribution in [1.82, 2.24) is 10.8 Å². The molecule has 0 radical (unpaired) electrons. The van der Waals surface area contributed by atoms with Crippen LogP contribution in [0, 0.1) is 5.92 Å². The largest absolute Gasteiger partial charge is 0.491 e. The number of rotatable bonds is 8. The summed E-state index contributed by atoms with van der Waals surface area (Å²) in [6.07, 6.45) is 3.27. The van der Waals surface area contributed by atoms with Crippen molar-refractivity contribution in [1.29, 1.82) is 0 Å². The van der Waals surface area contributed by atoms with Crippen LogP contribution >= 0.6 is 0 Å². The van der Waals surface area contributed by atoms with E-state index in [9.17, 15) is 9.59 Å². The Morgan fingerprint density at radius 3 is 2.33 bits per heavy atom. The minimum atomic E-state index is -0.584. The summed E-state index contributed by atoms with van der Waals surface area (Å²) in [5.74, 6) is -0.0158. The van der Waals surface area contributed by atoms with Crippen molar-refractivity contribution in [3.8, 4) is 5.75 Å². The summed E-state index contributed by atoms with van der Waals surface area (Å²) in [5.41, 5.74) is 2.86. The predicted molar refractivity (Wildman–Crippen MR) is 103 cm³/mol. The zero-order valence-corrected chi connectivity index (χ0v) is 15.4. The lowest BCUT2D eigenvalue weighted by atomic mass is 10.1. The van der Waals surface area contributed by atoms with Crippen LogP contribution in [-0.2, 0) is 4.79 Å². The molecule has 0 heterocycles. The summed E-state index contributed by atoms with van der Waals surface area (Å²) in [7, 11) is 0. The van der Waals surface area contributed by atoms with E-state index in [1.165, 1.54) is 6.08 Å². The van der Waals surface area contributed by atoms with Gasteiger partial charge in [0.25, 0.3) is 5.91 Å². The molecule has 0 saturated heterocycles. The third-order valence-corrected chi connectivity index (χ3v) is 4.01. The molecule has 0 aliphatic heterocycles. The zero-order valence-electron chi connectivity index (χ0n) is 15.4. The van der Waals surface area contributed by atoms with E-state index < -0.39 is 5.91 Å². The highest BCUT2D eigenvalue weighted by Crippen LogP contribution is 2.14. The van der Waals surface area contributed by atoms with Crippen LogP contribution in [0.4, 0.5) is 0 Å². The van der Waals surface area contributed by atoms with Gasteiger partial charge in [0.1, 0.15) is 12.4 Å². The van der Waals surface area contributed by atoms with Crippen LogP contribution in [0.3, 0.4) is 0 Å². The lowest BCUT2D eigenvalue weighted by Gasteiger charge is -2.22. The molecule has 0 aliphatic rings. The Labute approximate surface area is 158 Å². The molecule has 0 aromatic heterocycles. The number of hydrogen-bond acceptors (Lipinski definition) is 4. The second-order valence-corrected chi connectivity index (χ2v) is 6.38. The lowest BCUT2D eigenvalue weighted by Crippen LogP contribution is -2.42. The fourth-order valence-corrected chi connectivity index (χ4v) is 2.32. The summed E-state index contributed by atoms with van der Waals surface area (Å²) >= 11 is 0. The molecule has 0 saturated carbocycles. The molecule has 2 aromatic carbocycles. The van der Waals surface area contributed by atoms with Gasteiger partial charge in [-0.25, -0.2) is 5.48 Å². The van der Waals surface area contributed by atoms with Crippen LogP contribution in [0.25, 0.3) is 6.08 Å². The molecule has 6 heteroatoms. The summed E-state index contributed by atoms with van der Waals surface area (Å²) in [4.78, 5) is 23.5. The van der Waals surface area contributed by atoms with Gasteiger partial charge in [-0.15, -0.1) is 0 Å². The molecule has 2 amide bonds. The van der Waals surface area contributed by atoms with Crippen LogP contribution < -0.4 is 15.5 Å². The van der Waals surface area contributed by atoms with E-state index in [4.69, 9.17) is 9.94 Å². The number of hydroxylamine groups is 1. The smallest absolute Gasteiger partial charge is 0.274 e. The molecule has 0 aliphatic carbocycles. The highest BCUT2D eigenvalue weighted by Gasteiger charge is 2.16. The van der Waals surface area contributed by atoms with Gasteiger partial charge in [-0.3, -0.25) is 14.8 Å². The molecular formula is C21H24N2O4. The first-order chi connectivity index (χ1) is 13.0. The van der Waals surface area contributed by atoms with E-state index in [0.29, 0.717) is 17.9 Å². The number of carbonyl (C=O) groups is 2. The highest BCUT2D eigenvalue weighted by molar-refractivity contribution is 5.93. The normalized spacial score (nSPS) is 12.0. The van der Waals surface area contributed by atoms with Gasteiger partial charge >= 0.3 is 0 Å². The van der Waals surface area contributed by atoms with Gasteiger partial charge in [0, 0.05) is 11.6 Å². The van der Waals surface area contributed by atoms with Gasteiger partial charge in [0.15, 0.2) is 0 Å². The number of carbonyl (C=O) groups excluding carboxylic acids is 2. The molecule has 142 valence electrons. The fraction of sp³-hybridized carbons (Fsp3) is 0.238. The number of nitrogens with one attached hydrogen (secondary N) is 2. The monoisotopic (exact) mass is 368 g/mol. The van der Waals surface area contributed by atoms with Crippen molar-refractivity contribution >= 4 is 17.9 Å². The number of ether oxygens (including phenoxy) is 1. The Balaban J connectivity index is 1.90. The summed E-state index contributed by atoms with van der Waals surface area (Å²) in [5, 5.41) is 11.6. The SMILES string of the molecule is CC(C)[C@@H](COc1ccc(C(=O)NO)cc1)NC(=O)/C=C/c1ccccc1. The Morgan fingerprint density at radius 1 is 1.07 bits per heavy atom. The number of hydrogen-bond donors (Lipinski definition) is 3. The minimum absolute atomic E-state index is 0.168. The first-order valence-electron chi connectivity index (χ1n) is 8.70. The summed E-state index contributed by atoms with van der Waals surface area (Å²) in [6.45, 7) is 4.31. The topological polar surface area (TPSA) is 87.7 Å². The zero-order chi connectivity index (χ0) is 19.6.